The number of alkyl halides is 3. The molecule has 2 fully saturated rings. The van der Waals surface area contributed by atoms with Crippen LogP contribution < -0.4 is 5.73 Å². The van der Waals surface area contributed by atoms with E-state index in [0.29, 0.717) is 36.1 Å². The summed E-state index contributed by atoms with van der Waals surface area (Å²) in [6.07, 6.45) is 0.367. The van der Waals surface area contributed by atoms with Crippen molar-refractivity contribution in [1.29, 1.82) is 0 Å². The van der Waals surface area contributed by atoms with E-state index in [4.69, 9.17) is 15.6 Å². The van der Waals surface area contributed by atoms with Crippen molar-refractivity contribution in [3.8, 4) is 11.3 Å². The molecule has 1 spiro atoms. The maximum atomic E-state index is 13.9. The van der Waals surface area contributed by atoms with Gasteiger partial charge in [-0.3, -0.25) is 14.2 Å². The standard InChI is InChI=1S/C28H32F4N6O3/c1-16-22(24(33)39)23(18-12-34-37(14-18)13-17-7-19(28(30,31)32)9-20(29)8-17)35-38(16)21-10-27(11-21)5-6-36(15-27)25(40)41-26(2,3)4/h7-9,12,14,21H,5-6,10-11,13,15H2,1-4H3,(H2,33,39). The van der Waals surface area contributed by atoms with Crippen LogP contribution >= 0.6 is 0 Å². The summed E-state index contributed by atoms with van der Waals surface area (Å²) in [5, 5.41) is 8.91. The molecule has 0 atom stereocenters. The number of amides is 2. The van der Waals surface area contributed by atoms with Gasteiger partial charge in [0.25, 0.3) is 5.91 Å². The number of aromatic nitrogens is 4. The molecular weight excluding hydrogens is 544 g/mol. The van der Waals surface area contributed by atoms with Crippen LogP contribution in [0.25, 0.3) is 11.3 Å². The van der Waals surface area contributed by atoms with Gasteiger partial charge in [0, 0.05) is 30.5 Å². The van der Waals surface area contributed by atoms with E-state index in [1.54, 1.807) is 16.5 Å². The molecule has 2 amide bonds. The Hall–Kier alpha value is -3.90. The van der Waals surface area contributed by atoms with Gasteiger partial charge < -0.3 is 15.4 Å². The summed E-state index contributed by atoms with van der Waals surface area (Å²) in [7, 11) is 0. The molecule has 3 aromatic rings. The molecule has 13 heteroatoms. The van der Waals surface area contributed by atoms with Gasteiger partial charge in [0.15, 0.2) is 0 Å². The zero-order valence-corrected chi connectivity index (χ0v) is 23.3. The van der Waals surface area contributed by atoms with Gasteiger partial charge in [-0.1, -0.05) is 0 Å². The van der Waals surface area contributed by atoms with E-state index in [1.807, 2.05) is 20.8 Å². The molecule has 1 saturated heterocycles. The topological polar surface area (TPSA) is 108 Å². The highest BCUT2D eigenvalue weighted by molar-refractivity contribution is 6.00. The van der Waals surface area contributed by atoms with Crippen molar-refractivity contribution < 1.29 is 31.9 Å². The number of likely N-dealkylation sites (tertiary alicyclic amines) is 1. The van der Waals surface area contributed by atoms with Crippen molar-refractivity contribution in [2.45, 2.75) is 71.3 Å². The minimum atomic E-state index is -4.68. The van der Waals surface area contributed by atoms with Gasteiger partial charge in [0.2, 0.25) is 0 Å². The molecule has 5 rings (SSSR count). The number of primary amides is 1. The summed E-state index contributed by atoms with van der Waals surface area (Å²) in [6, 6.07) is 2.34. The summed E-state index contributed by atoms with van der Waals surface area (Å²) >= 11 is 0. The first-order valence-electron chi connectivity index (χ1n) is 13.3. The van der Waals surface area contributed by atoms with E-state index >= 15 is 0 Å². The minimum absolute atomic E-state index is 0.00330. The Morgan fingerprint density at radius 1 is 1.17 bits per heavy atom. The van der Waals surface area contributed by atoms with Gasteiger partial charge in [0.05, 0.1) is 29.9 Å². The zero-order chi connectivity index (χ0) is 29.9. The van der Waals surface area contributed by atoms with Crippen molar-refractivity contribution >= 4 is 12.0 Å². The minimum Gasteiger partial charge on any atom is -0.444 e. The first-order valence-corrected chi connectivity index (χ1v) is 13.3. The SMILES string of the molecule is Cc1c(C(N)=O)c(-c2cnn(Cc3cc(F)cc(C(F)(F)F)c3)c2)nn1C1CC2(CCN(C(=O)OC(C)(C)C)C2)C1. The molecule has 2 N–H and O–H groups in total. The van der Waals surface area contributed by atoms with Crippen molar-refractivity contribution in [2.24, 2.45) is 11.1 Å². The molecular formula is C28H32F4N6O3. The Balaban J connectivity index is 1.33. The maximum absolute atomic E-state index is 13.9. The lowest BCUT2D eigenvalue weighted by atomic mass is 9.65. The molecule has 1 saturated carbocycles. The van der Waals surface area contributed by atoms with Crippen molar-refractivity contribution in [3.63, 3.8) is 0 Å². The van der Waals surface area contributed by atoms with Crippen LogP contribution in [0, 0.1) is 18.2 Å². The van der Waals surface area contributed by atoms with Gasteiger partial charge in [-0.05, 0) is 76.1 Å². The Bertz CT molecular complexity index is 1500. The van der Waals surface area contributed by atoms with Crippen molar-refractivity contribution in [2.75, 3.05) is 13.1 Å². The maximum Gasteiger partial charge on any atom is 0.416 e. The highest BCUT2D eigenvalue weighted by atomic mass is 19.4. The first-order chi connectivity index (χ1) is 19.0. The van der Waals surface area contributed by atoms with Gasteiger partial charge in [-0.15, -0.1) is 0 Å². The Morgan fingerprint density at radius 3 is 2.51 bits per heavy atom. The number of ether oxygens (including phenoxy) is 1. The molecule has 0 radical (unpaired) electrons. The Kier molecular flexibility index (Phi) is 6.90. The normalized spacial score (nSPS) is 20.9. The first kappa shape index (κ1) is 28.6. The van der Waals surface area contributed by atoms with Crippen molar-refractivity contribution in [3.05, 3.63) is 58.8 Å². The van der Waals surface area contributed by atoms with E-state index in [9.17, 15) is 27.2 Å². The largest absolute Gasteiger partial charge is 0.444 e. The van der Waals surface area contributed by atoms with Crippen LogP contribution in [0.3, 0.4) is 0 Å². The third kappa shape index (κ3) is 5.80. The third-order valence-electron chi connectivity index (χ3n) is 7.71. The predicted octanol–water partition coefficient (Wildman–Crippen LogP) is 5.32. The molecule has 1 aromatic carbocycles. The van der Waals surface area contributed by atoms with Crippen LogP contribution in [0.2, 0.25) is 0 Å². The molecule has 9 nitrogen and oxygen atoms in total. The number of hydrogen-bond acceptors (Lipinski definition) is 5. The lowest BCUT2D eigenvalue weighted by molar-refractivity contribution is -0.137. The van der Waals surface area contributed by atoms with Crippen LogP contribution in [0.5, 0.6) is 0 Å². The van der Waals surface area contributed by atoms with E-state index < -0.39 is 29.1 Å². The molecule has 0 bridgehead atoms. The summed E-state index contributed by atoms with van der Waals surface area (Å²) in [4.78, 5) is 26.7. The summed E-state index contributed by atoms with van der Waals surface area (Å²) < 4.78 is 61.9. The van der Waals surface area contributed by atoms with Crippen LogP contribution in [0.1, 0.15) is 73.3 Å². The van der Waals surface area contributed by atoms with Crippen LogP contribution in [0.15, 0.2) is 30.6 Å². The molecule has 3 heterocycles. The Labute approximate surface area is 234 Å². The van der Waals surface area contributed by atoms with Crippen LogP contribution in [-0.4, -0.2) is 55.2 Å². The second kappa shape index (κ2) is 9.88. The Morgan fingerprint density at radius 2 is 1.88 bits per heavy atom. The third-order valence-corrected chi connectivity index (χ3v) is 7.71. The van der Waals surface area contributed by atoms with Crippen LogP contribution in [-0.2, 0) is 17.5 Å². The van der Waals surface area contributed by atoms with Gasteiger partial charge in [-0.2, -0.15) is 23.4 Å². The van der Waals surface area contributed by atoms with E-state index in [-0.39, 0.29) is 35.2 Å². The highest BCUT2D eigenvalue weighted by Crippen LogP contribution is 2.54. The predicted molar refractivity (Wildman–Crippen MR) is 140 cm³/mol. The number of nitrogens with two attached hydrogens (primary N) is 1. The number of benzene rings is 1. The number of carbonyl (C=O) groups excluding carboxylic acids is 2. The number of carbonyl (C=O) groups is 2. The summed E-state index contributed by atoms with van der Waals surface area (Å²) in [6.45, 7) is 8.35. The molecule has 2 aliphatic rings. The number of hydrogen-bond donors (Lipinski definition) is 1. The molecule has 41 heavy (non-hydrogen) atoms. The van der Waals surface area contributed by atoms with Crippen LogP contribution in [0.4, 0.5) is 22.4 Å². The lowest BCUT2D eigenvalue weighted by Crippen LogP contribution is -2.43. The smallest absolute Gasteiger partial charge is 0.416 e. The fourth-order valence-corrected chi connectivity index (χ4v) is 5.90. The second-order valence-corrected chi connectivity index (χ2v) is 12.1. The van der Waals surface area contributed by atoms with Gasteiger partial charge in [0.1, 0.15) is 17.1 Å². The molecule has 1 aliphatic carbocycles. The second-order valence-electron chi connectivity index (χ2n) is 12.1. The number of nitrogens with zero attached hydrogens (tertiary/aromatic N) is 5. The van der Waals surface area contributed by atoms with Gasteiger partial charge >= 0.3 is 12.3 Å². The summed E-state index contributed by atoms with van der Waals surface area (Å²) in [5.74, 6) is -1.66. The number of halogens is 4. The highest BCUT2D eigenvalue weighted by Gasteiger charge is 2.51. The van der Waals surface area contributed by atoms with E-state index in [2.05, 4.69) is 5.10 Å². The number of rotatable bonds is 5. The molecule has 0 unspecified atom stereocenters. The molecule has 1 aliphatic heterocycles. The fourth-order valence-electron chi connectivity index (χ4n) is 5.90. The van der Waals surface area contributed by atoms with E-state index in [0.717, 1.165) is 31.4 Å². The molecule has 220 valence electrons. The average molecular weight is 577 g/mol. The lowest BCUT2D eigenvalue weighted by Gasteiger charge is -2.45. The quantitative estimate of drug-likeness (QED) is 0.414. The molecule has 2 aromatic heterocycles. The van der Waals surface area contributed by atoms with Gasteiger partial charge in [-0.25, -0.2) is 9.18 Å². The zero-order valence-electron chi connectivity index (χ0n) is 23.3. The average Bonchev–Trinajstić information content (AvgIpc) is 3.53. The fraction of sp³-hybridized carbons (Fsp3) is 0.500. The van der Waals surface area contributed by atoms with Crippen molar-refractivity contribution in [1.82, 2.24) is 24.5 Å². The van der Waals surface area contributed by atoms with E-state index in [1.165, 1.54) is 17.1 Å². The monoisotopic (exact) mass is 576 g/mol. The summed E-state index contributed by atoms with van der Waals surface area (Å²) in [5.41, 5.74) is 5.72.